The highest BCUT2D eigenvalue weighted by Gasteiger charge is 2.16. The van der Waals surface area contributed by atoms with Gasteiger partial charge in [-0.05, 0) is 31.2 Å². The Kier molecular flexibility index (Phi) is 2.97. The van der Waals surface area contributed by atoms with E-state index in [0.29, 0.717) is 0 Å². The van der Waals surface area contributed by atoms with Crippen LogP contribution in [0, 0.1) is 12.7 Å². The van der Waals surface area contributed by atoms with Gasteiger partial charge in [0.05, 0.1) is 0 Å². The molecule has 0 aliphatic carbocycles. The number of nitrogens with two attached hydrogens (primary N) is 1. The molecule has 0 amide bonds. The Hall–Kier alpha value is -2.43. The van der Waals surface area contributed by atoms with Gasteiger partial charge < -0.3 is 10.8 Å². The van der Waals surface area contributed by atoms with Crippen molar-refractivity contribution in [2.24, 2.45) is 0 Å². The molecule has 92 valence electrons. The predicted octanol–water partition coefficient (Wildman–Crippen LogP) is 2.48. The Balaban J connectivity index is 2.70. The van der Waals surface area contributed by atoms with Crippen molar-refractivity contribution >= 4 is 11.8 Å². The molecular weight excluding hydrogens is 235 g/mol. The predicted molar refractivity (Wildman–Crippen MR) is 65.7 cm³/mol. The van der Waals surface area contributed by atoms with Gasteiger partial charge in [-0.15, -0.1) is 0 Å². The summed E-state index contributed by atoms with van der Waals surface area (Å²) in [6, 6.07) is 7.40. The number of aryl methyl sites for hydroxylation is 1. The van der Waals surface area contributed by atoms with Crippen LogP contribution < -0.4 is 5.73 Å². The summed E-state index contributed by atoms with van der Waals surface area (Å²) in [6.45, 7) is 1.80. The number of carboxylic acid groups (broad SMARTS) is 1. The Bertz CT molecular complexity index is 626. The first kappa shape index (κ1) is 12.0. The van der Waals surface area contributed by atoms with E-state index in [1.807, 2.05) is 0 Å². The fourth-order valence-corrected chi connectivity index (χ4v) is 1.70. The third kappa shape index (κ3) is 2.15. The molecule has 3 N–H and O–H groups in total. The maximum atomic E-state index is 13.7. The molecule has 1 heterocycles. The second kappa shape index (κ2) is 4.44. The molecule has 2 aromatic rings. The van der Waals surface area contributed by atoms with E-state index in [1.54, 1.807) is 19.1 Å². The summed E-state index contributed by atoms with van der Waals surface area (Å²) >= 11 is 0. The van der Waals surface area contributed by atoms with Crippen LogP contribution in [-0.2, 0) is 0 Å². The van der Waals surface area contributed by atoms with Gasteiger partial charge in [-0.3, -0.25) is 0 Å². The molecule has 4 nitrogen and oxygen atoms in total. The van der Waals surface area contributed by atoms with Gasteiger partial charge >= 0.3 is 5.97 Å². The second-order valence-corrected chi connectivity index (χ2v) is 3.92. The van der Waals surface area contributed by atoms with Crippen LogP contribution in [0.3, 0.4) is 0 Å². The van der Waals surface area contributed by atoms with Crippen molar-refractivity contribution in [3.63, 3.8) is 0 Å². The van der Waals surface area contributed by atoms with Crippen LogP contribution in [0.25, 0.3) is 11.1 Å². The van der Waals surface area contributed by atoms with Gasteiger partial charge in [0, 0.05) is 11.1 Å². The van der Waals surface area contributed by atoms with Crippen LogP contribution in [0.15, 0.2) is 30.3 Å². The number of anilines is 1. The first-order valence-electron chi connectivity index (χ1n) is 5.25. The third-order valence-corrected chi connectivity index (χ3v) is 2.53. The molecule has 0 aliphatic heterocycles. The molecule has 0 unspecified atom stereocenters. The van der Waals surface area contributed by atoms with Gasteiger partial charge in [-0.1, -0.05) is 11.6 Å². The van der Waals surface area contributed by atoms with Gasteiger partial charge in [0.2, 0.25) is 0 Å². The lowest BCUT2D eigenvalue weighted by Gasteiger charge is -2.08. The average Bonchev–Trinajstić information content (AvgIpc) is 2.32. The first-order chi connectivity index (χ1) is 8.49. The summed E-state index contributed by atoms with van der Waals surface area (Å²) in [6.07, 6.45) is 0. The third-order valence-electron chi connectivity index (χ3n) is 2.53. The number of rotatable bonds is 2. The molecule has 1 aromatic heterocycles. The highest BCUT2D eigenvalue weighted by Crippen LogP contribution is 2.27. The molecule has 1 aromatic carbocycles. The van der Waals surface area contributed by atoms with Gasteiger partial charge in [0.15, 0.2) is 5.69 Å². The molecule has 0 atom stereocenters. The van der Waals surface area contributed by atoms with Crippen molar-refractivity contribution in [2.75, 3.05) is 5.73 Å². The second-order valence-electron chi connectivity index (χ2n) is 3.92. The molecule has 0 saturated heterocycles. The zero-order valence-corrected chi connectivity index (χ0v) is 9.64. The van der Waals surface area contributed by atoms with Gasteiger partial charge in [-0.2, -0.15) is 0 Å². The number of nitrogen functional groups attached to an aromatic ring is 1. The molecule has 0 fully saturated rings. The lowest BCUT2D eigenvalue weighted by Crippen LogP contribution is -2.06. The number of halogens is 1. The summed E-state index contributed by atoms with van der Waals surface area (Å²) in [5.41, 5.74) is 6.45. The van der Waals surface area contributed by atoms with Crippen molar-refractivity contribution in [2.45, 2.75) is 6.92 Å². The molecule has 0 bridgehead atoms. The highest BCUT2D eigenvalue weighted by atomic mass is 19.1. The Labute approximate surface area is 103 Å². The lowest BCUT2D eigenvalue weighted by atomic mass is 10.0. The van der Waals surface area contributed by atoms with E-state index in [2.05, 4.69) is 4.98 Å². The van der Waals surface area contributed by atoms with Gasteiger partial charge in [-0.25, -0.2) is 14.2 Å². The van der Waals surface area contributed by atoms with Crippen LogP contribution in [-0.4, -0.2) is 16.1 Å². The van der Waals surface area contributed by atoms with Crippen LogP contribution in [0.5, 0.6) is 0 Å². The topological polar surface area (TPSA) is 76.2 Å². The average molecular weight is 246 g/mol. The van der Waals surface area contributed by atoms with Crippen LogP contribution >= 0.6 is 0 Å². The maximum absolute atomic E-state index is 13.7. The van der Waals surface area contributed by atoms with Crippen LogP contribution in [0.4, 0.5) is 10.2 Å². The van der Waals surface area contributed by atoms with Crippen molar-refractivity contribution in [3.05, 3.63) is 47.4 Å². The van der Waals surface area contributed by atoms with Gasteiger partial charge in [0.25, 0.3) is 0 Å². The Morgan fingerprint density at radius 3 is 2.67 bits per heavy atom. The SMILES string of the molecule is Cc1ccc(F)c(-c2ccc(N)nc2C(=O)O)c1. The Morgan fingerprint density at radius 1 is 1.28 bits per heavy atom. The van der Waals surface area contributed by atoms with E-state index < -0.39 is 11.8 Å². The normalized spacial score (nSPS) is 10.3. The first-order valence-corrected chi connectivity index (χ1v) is 5.25. The fourth-order valence-electron chi connectivity index (χ4n) is 1.70. The number of pyridine rings is 1. The number of carboxylic acids is 1. The summed E-state index contributed by atoms with van der Waals surface area (Å²) in [5, 5.41) is 9.07. The molecule has 0 spiro atoms. The molecule has 2 rings (SSSR count). The van der Waals surface area contributed by atoms with E-state index in [-0.39, 0.29) is 22.6 Å². The number of hydrogen-bond acceptors (Lipinski definition) is 3. The molecule has 0 aliphatic rings. The monoisotopic (exact) mass is 246 g/mol. The minimum atomic E-state index is -1.24. The van der Waals surface area contributed by atoms with E-state index in [0.717, 1.165) is 5.56 Å². The molecule has 5 heteroatoms. The number of hydrogen-bond donors (Lipinski definition) is 2. The summed E-state index contributed by atoms with van der Waals surface area (Å²) < 4.78 is 13.7. The summed E-state index contributed by atoms with van der Waals surface area (Å²) in [7, 11) is 0. The minimum Gasteiger partial charge on any atom is -0.476 e. The van der Waals surface area contributed by atoms with E-state index in [4.69, 9.17) is 10.8 Å². The van der Waals surface area contributed by atoms with Crippen molar-refractivity contribution in [1.82, 2.24) is 4.98 Å². The van der Waals surface area contributed by atoms with Crippen LogP contribution in [0.1, 0.15) is 16.1 Å². The standard InChI is InChI=1S/C13H11FN2O2/c1-7-2-4-10(14)9(6-7)8-3-5-11(15)16-12(8)13(17)18/h2-6H,1H3,(H2,15,16)(H,17,18). The Morgan fingerprint density at radius 2 is 2.00 bits per heavy atom. The van der Waals surface area contributed by atoms with Crippen molar-refractivity contribution in [1.29, 1.82) is 0 Å². The highest BCUT2D eigenvalue weighted by molar-refractivity contribution is 5.94. The largest absolute Gasteiger partial charge is 0.476 e. The number of nitrogens with zero attached hydrogens (tertiary/aromatic N) is 1. The smallest absolute Gasteiger partial charge is 0.355 e. The fraction of sp³-hybridized carbons (Fsp3) is 0.0769. The minimum absolute atomic E-state index is 0.0872. The van der Waals surface area contributed by atoms with E-state index in [1.165, 1.54) is 18.2 Å². The number of aromatic carboxylic acids is 1. The molecular formula is C13H11FN2O2. The molecule has 0 saturated carbocycles. The summed E-state index contributed by atoms with van der Waals surface area (Å²) in [4.78, 5) is 14.8. The zero-order chi connectivity index (χ0) is 13.3. The van der Waals surface area contributed by atoms with Crippen LogP contribution in [0.2, 0.25) is 0 Å². The number of aromatic nitrogens is 1. The number of benzene rings is 1. The lowest BCUT2D eigenvalue weighted by molar-refractivity contribution is 0.0691. The van der Waals surface area contributed by atoms with E-state index in [9.17, 15) is 9.18 Å². The van der Waals surface area contributed by atoms with Gasteiger partial charge in [0.1, 0.15) is 11.6 Å². The molecule has 18 heavy (non-hydrogen) atoms. The van der Waals surface area contributed by atoms with Crippen molar-refractivity contribution in [3.8, 4) is 11.1 Å². The number of carbonyl (C=O) groups is 1. The quantitative estimate of drug-likeness (QED) is 0.853. The summed E-state index contributed by atoms with van der Waals surface area (Å²) in [5.74, 6) is -1.64. The van der Waals surface area contributed by atoms with E-state index >= 15 is 0 Å². The maximum Gasteiger partial charge on any atom is 0.355 e. The zero-order valence-electron chi connectivity index (χ0n) is 9.64. The van der Waals surface area contributed by atoms with Crippen molar-refractivity contribution < 1.29 is 14.3 Å². The molecule has 0 radical (unpaired) electrons.